The predicted octanol–water partition coefficient (Wildman–Crippen LogP) is 1.49. The van der Waals surface area contributed by atoms with Gasteiger partial charge in [0, 0.05) is 12.0 Å². The fraction of sp³-hybridized carbons (Fsp3) is 0.846. The number of likely N-dealkylation sites (tertiary alicyclic amines) is 1. The predicted molar refractivity (Wildman–Crippen MR) is 66.8 cm³/mol. The number of rotatable bonds is 2. The Morgan fingerprint density at radius 2 is 2.16 bits per heavy atom. The van der Waals surface area contributed by atoms with E-state index in [1.807, 2.05) is 20.8 Å². The number of piperidine rings is 1. The maximum atomic E-state index is 12.1. The average Bonchev–Trinajstić information content (AvgIpc) is 2.50. The molecular weight excluding hydrogens is 250 g/mol. The molecule has 2 aliphatic heterocycles. The lowest BCUT2D eigenvalue weighted by atomic mass is 9.79. The summed E-state index contributed by atoms with van der Waals surface area (Å²) in [6, 6.07) is 0. The van der Waals surface area contributed by atoms with E-state index in [1.54, 1.807) is 4.90 Å². The van der Waals surface area contributed by atoms with E-state index in [0.717, 1.165) is 0 Å². The number of carboxylic acids is 1. The molecule has 1 N–H and O–H groups in total. The van der Waals surface area contributed by atoms with Gasteiger partial charge in [-0.25, -0.2) is 4.79 Å². The fourth-order valence-corrected chi connectivity index (χ4v) is 2.80. The molecule has 2 fully saturated rings. The highest BCUT2D eigenvalue weighted by atomic mass is 16.6. The summed E-state index contributed by atoms with van der Waals surface area (Å²) in [5.41, 5.74) is -1.000. The lowest BCUT2D eigenvalue weighted by Gasteiger charge is -2.38. The van der Waals surface area contributed by atoms with Gasteiger partial charge in [-0.1, -0.05) is 0 Å². The third-order valence-corrected chi connectivity index (χ3v) is 3.41. The number of ether oxygens (including phenoxy) is 2. The molecule has 108 valence electrons. The number of carbonyl (C=O) groups is 2. The van der Waals surface area contributed by atoms with Gasteiger partial charge in [0.1, 0.15) is 5.60 Å². The molecule has 0 aromatic carbocycles. The quantitative estimate of drug-likeness (QED) is 0.823. The Kier molecular flexibility index (Phi) is 3.47. The Morgan fingerprint density at radius 3 is 2.74 bits per heavy atom. The molecule has 0 saturated carbocycles. The Balaban J connectivity index is 2.05. The first-order valence-electron chi connectivity index (χ1n) is 6.50. The highest BCUT2D eigenvalue weighted by Crippen LogP contribution is 2.41. The van der Waals surface area contributed by atoms with Crippen LogP contribution in [0.15, 0.2) is 0 Å². The molecule has 2 aliphatic rings. The Morgan fingerprint density at radius 1 is 1.47 bits per heavy atom. The third kappa shape index (κ3) is 3.37. The van der Waals surface area contributed by atoms with Crippen LogP contribution in [0.2, 0.25) is 0 Å². The van der Waals surface area contributed by atoms with E-state index >= 15 is 0 Å². The summed E-state index contributed by atoms with van der Waals surface area (Å²) in [5, 5.41) is 9.00. The molecule has 0 radical (unpaired) electrons. The van der Waals surface area contributed by atoms with Crippen LogP contribution in [0.5, 0.6) is 0 Å². The van der Waals surface area contributed by atoms with Crippen molar-refractivity contribution in [3.05, 3.63) is 0 Å². The number of nitrogens with zero attached hydrogens (tertiary/aromatic N) is 1. The molecule has 6 nitrogen and oxygen atoms in total. The van der Waals surface area contributed by atoms with Crippen molar-refractivity contribution in [1.29, 1.82) is 0 Å². The standard InChI is InChI=1S/C13H21NO5/c1-12(2,3)19-11(17)14-6-9-4-13(7-14,8-18-9)5-10(15)16/h9H,4-8H2,1-3H3,(H,15,16). The summed E-state index contributed by atoms with van der Waals surface area (Å²) in [5.74, 6) is -0.852. The number of amides is 1. The summed E-state index contributed by atoms with van der Waals surface area (Å²) in [6.45, 7) is 6.72. The van der Waals surface area contributed by atoms with Gasteiger partial charge in [0.15, 0.2) is 0 Å². The summed E-state index contributed by atoms with van der Waals surface area (Å²) in [4.78, 5) is 24.6. The molecule has 2 bridgehead atoms. The third-order valence-electron chi connectivity index (χ3n) is 3.41. The second-order valence-corrected chi connectivity index (χ2v) is 6.57. The van der Waals surface area contributed by atoms with Crippen LogP contribution in [0.25, 0.3) is 0 Å². The Hall–Kier alpha value is -1.30. The molecule has 0 aromatic heterocycles. The molecule has 2 unspecified atom stereocenters. The highest BCUT2D eigenvalue weighted by Gasteiger charge is 2.49. The first kappa shape index (κ1) is 14.1. The fourth-order valence-electron chi connectivity index (χ4n) is 2.80. The van der Waals surface area contributed by atoms with E-state index in [2.05, 4.69) is 0 Å². The van der Waals surface area contributed by atoms with Crippen LogP contribution in [0, 0.1) is 5.41 Å². The van der Waals surface area contributed by atoms with Crippen molar-refractivity contribution < 1.29 is 24.2 Å². The van der Waals surface area contributed by atoms with Crippen LogP contribution in [0.4, 0.5) is 4.79 Å². The lowest BCUT2D eigenvalue weighted by molar-refractivity contribution is -0.140. The van der Waals surface area contributed by atoms with Crippen molar-refractivity contribution in [1.82, 2.24) is 4.90 Å². The first-order valence-corrected chi connectivity index (χ1v) is 6.50. The summed E-state index contributed by atoms with van der Waals surface area (Å²) < 4.78 is 10.9. The van der Waals surface area contributed by atoms with Gasteiger partial charge in [0.25, 0.3) is 0 Å². The number of carboxylic acid groups (broad SMARTS) is 1. The minimum atomic E-state index is -0.852. The zero-order chi connectivity index (χ0) is 14.3. The molecule has 19 heavy (non-hydrogen) atoms. The molecule has 2 heterocycles. The Bertz CT molecular complexity index is 389. The maximum Gasteiger partial charge on any atom is 0.410 e. The van der Waals surface area contributed by atoms with Crippen LogP contribution in [0.3, 0.4) is 0 Å². The van der Waals surface area contributed by atoms with Gasteiger partial charge < -0.3 is 19.5 Å². The SMILES string of the molecule is CC(C)(C)OC(=O)N1CC2CC(CC(=O)O)(CO2)C1. The van der Waals surface area contributed by atoms with E-state index in [-0.39, 0.29) is 12.5 Å². The molecule has 2 rings (SSSR count). The normalized spacial score (nSPS) is 30.3. The van der Waals surface area contributed by atoms with Crippen molar-refractivity contribution in [2.45, 2.75) is 45.3 Å². The van der Waals surface area contributed by atoms with Crippen LogP contribution < -0.4 is 0 Å². The smallest absolute Gasteiger partial charge is 0.410 e. The van der Waals surface area contributed by atoms with Gasteiger partial charge in [0.05, 0.1) is 25.7 Å². The molecule has 6 heteroatoms. The van der Waals surface area contributed by atoms with Crippen LogP contribution in [-0.2, 0) is 14.3 Å². The summed E-state index contributed by atoms with van der Waals surface area (Å²) >= 11 is 0. The zero-order valence-corrected chi connectivity index (χ0v) is 11.6. The van der Waals surface area contributed by atoms with Crippen molar-refractivity contribution in [2.24, 2.45) is 5.41 Å². The Labute approximate surface area is 112 Å². The van der Waals surface area contributed by atoms with Crippen molar-refractivity contribution >= 4 is 12.1 Å². The molecule has 2 saturated heterocycles. The van der Waals surface area contributed by atoms with Gasteiger partial charge in [0.2, 0.25) is 0 Å². The molecule has 1 amide bonds. The monoisotopic (exact) mass is 271 g/mol. The largest absolute Gasteiger partial charge is 0.481 e. The molecule has 2 atom stereocenters. The average molecular weight is 271 g/mol. The molecular formula is C13H21NO5. The number of hydrogen-bond acceptors (Lipinski definition) is 4. The first-order chi connectivity index (χ1) is 8.69. The van der Waals surface area contributed by atoms with Gasteiger partial charge in [-0.2, -0.15) is 0 Å². The topological polar surface area (TPSA) is 76.1 Å². The molecule has 0 aromatic rings. The van der Waals surface area contributed by atoms with Crippen molar-refractivity contribution in [3.63, 3.8) is 0 Å². The van der Waals surface area contributed by atoms with Crippen molar-refractivity contribution in [3.8, 4) is 0 Å². The minimum absolute atomic E-state index is 0.0306. The second kappa shape index (κ2) is 4.67. The lowest BCUT2D eigenvalue weighted by Crippen LogP contribution is -2.50. The summed E-state index contributed by atoms with van der Waals surface area (Å²) in [7, 11) is 0. The molecule has 0 spiro atoms. The van der Waals surface area contributed by atoms with Gasteiger partial charge in [-0.3, -0.25) is 4.79 Å². The second-order valence-electron chi connectivity index (χ2n) is 6.57. The van der Waals surface area contributed by atoms with Gasteiger partial charge >= 0.3 is 12.1 Å². The van der Waals surface area contributed by atoms with E-state index < -0.39 is 23.1 Å². The highest BCUT2D eigenvalue weighted by molar-refractivity contribution is 5.70. The van der Waals surface area contributed by atoms with Crippen LogP contribution in [0.1, 0.15) is 33.6 Å². The number of aliphatic carboxylic acids is 1. The van der Waals surface area contributed by atoms with E-state index in [1.165, 1.54) is 0 Å². The zero-order valence-electron chi connectivity index (χ0n) is 11.6. The van der Waals surface area contributed by atoms with Gasteiger partial charge in [-0.15, -0.1) is 0 Å². The minimum Gasteiger partial charge on any atom is -0.481 e. The van der Waals surface area contributed by atoms with E-state index in [4.69, 9.17) is 14.6 Å². The maximum absolute atomic E-state index is 12.1. The number of hydrogen-bond donors (Lipinski definition) is 1. The molecule has 0 aliphatic carbocycles. The van der Waals surface area contributed by atoms with Crippen LogP contribution in [-0.4, -0.2) is 53.5 Å². The summed E-state index contributed by atoms with van der Waals surface area (Å²) in [6.07, 6.45) is 0.277. The van der Waals surface area contributed by atoms with Crippen LogP contribution >= 0.6 is 0 Å². The van der Waals surface area contributed by atoms with E-state index in [0.29, 0.717) is 26.1 Å². The number of fused-ring (bicyclic) bond motifs is 2. The number of carbonyl (C=O) groups excluding carboxylic acids is 1. The van der Waals surface area contributed by atoms with Gasteiger partial charge in [-0.05, 0) is 27.2 Å². The van der Waals surface area contributed by atoms with Crippen molar-refractivity contribution in [2.75, 3.05) is 19.7 Å². The van der Waals surface area contributed by atoms with E-state index in [9.17, 15) is 9.59 Å².